The number of nitrogens with one attached hydrogen (secondary N) is 1. The number of hydrogen-bond acceptors (Lipinski definition) is 3. The molecule has 1 aromatic heterocycles. The molecule has 1 unspecified atom stereocenters. The first-order chi connectivity index (χ1) is 8.86. The molecule has 1 aliphatic heterocycles. The highest BCUT2D eigenvalue weighted by atomic mass is 16.5. The van der Waals surface area contributed by atoms with E-state index in [9.17, 15) is 0 Å². The van der Waals surface area contributed by atoms with Crippen LogP contribution in [0.3, 0.4) is 0 Å². The van der Waals surface area contributed by atoms with Crippen molar-refractivity contribution in [3.8, 4) is 5.75 Å². The van der Waals surface area contributed by atoms with Gasteiger partial charge >= 0.3 is 0 Å². The van der Waals surface area contributed by atoms with Gasteiger partial charge in [-0.3, -0.25) is 5.32 Å². The van der Waals surface area contributed by atoms with Gasteiger partial charge in [0, 0.05) is 12.0 Å². The molecule has 3 heteroatoms. The predicted octanol–water partition coefficient (Wildman–Crippen LogP) is 3.07. The van der Waals surface area contributed by atoms with Gasteiger partial charge in [-0.05, 0) is 18.2 Å². The highest BCUT2D eigenvalue weighted by Crippen LogP contribution is 2.31. The van der Waals surface area contributed by atoms with Crippen LogP contribution in [0.1, 0.15) is 30.0 Å². The Bertz CT molecular complexity index is 533. The van der Waals surface area contributed by atoms with E-state index < -0.39 is 0 Å². The van der Waals surface area contributed by atoms with Crippen molar-refractivity contribution in [1.29, 1.82) is 0 Å². The van der Waals surface area contributed by atoms with Crippen LogP contribution in [-0.4, -0.2) is 6.61 Å². The summed E-state index contributed by atoms with van der Waals surface area (Å²) in [6.07, 6.45) is 0.940. The SMILES string of the molecule is CCc1ccc(CNC2COc3ccccc32)o1. The Balaban J connectivity index is 1.65. The van der Waals surface area contributed by atoms with Gasteiger partial charge in [0.1, 0.15) is 23.9 Å². The van der Waals surface area contributed by atoms with Gasteiger partial charge in [0.05, 0.1) is 12.6 Å². The van der Waals surface area contributed by atoms with Gasteiger partial charge in [-0.1, -0.05) is 25.1 Å². The lowest BCUT2D eigenvalue weighted by Crippen LogP contribution is -2.21. The lowest BCUT2D eigenvalue weighted by atomic mass is 10.1. The van der Waals surface area contributed by atoms with Gasteiger partial charge in [0.15, 0.2) is 0 Å². The van der Waals surface area contributed by atoms with Crippen LogP contribution in [0.4, 0.5) is 0 Å². The summed E-state index contributed by atoms with van der Waals surface area (Å²) in [7, 11) is 0. The fourth-order valence-corrected chi connectivity index (χ4v) is 2.26. The van der Waals surface area contributed by atoms with E-state index >= 15 is 0 Å². The van der Waals surface area contributed by atoms with Crippen LogP contribution in [0.15, 0.2) is 40.8 Å². The zero-order valence-corrected chi connectivity index (χ0v) is 10.5. The lowest BCUT2D eigenvalue weighted by molar-refractivity contribution is 0.305. The minimum absolute atomic E-state index is 0.261. The lowest BCUT2D eigenvalue weighted by Gasteiger charge is -2.09. The summed E-state index contributed by atoms with van der Waals surface area (Å²) in [6, 6.07) is 12.5. The van der Waals surface area contributed by atoms with Crippen molar-refractivity contribution >= 4 is 0 Å². The van der Waals surface area contributed by atoms with Crippen molar-refractivity contribution in [3.05, 3.63) is 53.5 Å². The molecule has 94 valence electrons. The second-order valence-corrected chi connectivity index (χ2v) is 4.50. The smallest absolute Gasteiger partial charge is 0.124 e. The molecule has 18 heavy (non-hydrogen) atoms. The minimum Gasteiger partial charge on any atom is -0.491 e. The molecular formula is C15H17NO2. The molecule has 0 spiro atoms. The van der Waals surface area contributed by atoms with Crippen LogP contribution in [0.5, 0.6) is 5.75 Å². The van der Waals surface area contributed by atoms with Gasteiger partial charge in [-0.2, -0.15) is 0 Å². The molecule has 0 fully saturated rings. The Labute approximate surface area is 107 Å². The van der Waals surface area contributed by atoms with Gasteiger partial charge in [-0.25, -0.2) is 0 Å². The van der Waals surface area contributed by atoms with E-state index in [0.717, 1.165) is 30.2 Å². The van der Waals surface area contributed by atoms with Gasteiger partial charge < -0.3 is 9.15 Å². The third kappa shape index (κ3) is 2.14. The van der Waals surface area contributed by atoms with E-state index in [4.69, 9.17) is 9.15 Å². The molecule has 1 aliphatic rings. The van der Waals surface area contributed by atoms with Crippen LogP contribution in [-0.2, 0) is 13.0 Å². The molecule has 0 radical (unpaired) electrons. The number of rotatable bonds is 4. The molecule has 3 rings (SSSR count). The van der Waals surface area contributed by atoms with Crippen molar-refractivity contribution in [2.75, 3.05) is 6.61 Å². The quantitative estimate of drug-likeness (QED) is 0.896. The standard InChI is InChI=1S/C15H17NO2/c1-2-11-7-8-12(18-11)9-16-14-10-17-15-6-4-3-5-13(14)15/h3-8,14,16H,2,9-10H2,1H3. The van der Waals surface area contributed by atoms with Gasteiger partial charge in [0.2, 0.25) is 0 Å². The molecule has 3 nitrogen and oxygen atoms in total. The highest BCUT2D eigenvalue weighted by Gasteiger charge is 2.22. The molecule has 0 saturated carbocycles. The maximum absolute atomic E-state index is 5.68. The van der Waals surface area contributed by atoms with E-state index in [1.807, 2.05) is 30.3 Å². The number of fused-ring (bicyclic) bond motifs is 1. The monoisotopic (exact) mass is 243 g/mol. The van der Waals surface area contributed by atoms with Crippen LogP contribution in [0.25, 0.3) is 0 Å². The number of para-hydroxylation sites is 1. The van der Waals surface area contributed by atoms with Crippen molar-refractivity contribution in [3.63, 3.8) is 0 Å². The first-order valence-corrected chi connectivity index (χ1v) is 6.39. The molecular weight excluding hydrogens is 226 g/mol. The van der Waals surface area contributed by atoms with Gasteiger partial charge in [0.25, 0.3) is 0 Å². The third-order valence-corrected chi connectivity index (χ3v) is 3.29. The number of aryl methyl sites for hydroxylation is 1. The van der Waals surface area contributed by atoms with Crippen molar-refractivity contribution < 1.29 is 9.15 Å². The molecule has 0 bridgehead atoms. The second-order valence-electron chi connectivity index (χ2n) is 4.50. The molecule has 1 N–H and O–H groups in total. The summed E-state index contributed by atoms with van der Waals surface area (Å²) in [5.41, 5.74) is 1.24. The van der Waals surface area contributed by atoms with E-state index in [1.54, 1.807) is 0 Å². The maximum Gasteiger partial charge on any atom is 0.124 e. The summed E-state index contributed by atoms with van der Waals surface area (Å²) in [6.45, 7) is 3.53. The molecule has 2 aromatic rings. The summed E-state index contributed by atoms with van der Waals surface area (Å²) < 4.78 is 11.3. The maximum atomic E-state index is 5.68. The highest BCUT2D eigenvalue weighted by molar-refractivity contribution is 5.39. The Morgan fingerprint density at radius 2 is 2.00 bits per heavy atom. The molecule has 1 aromatic carbocycles. The Hall–Kier alpha value is -1.74. The van der Waals surface area contributed by atoms with E-state index in [2.05, 4.69) is 18.3 Å². The summed E-state index contributed by atoms with van der Waals surface area (Å²) >= 11 is 0. The summed E-state index contributed by atoms with van der Waals surface area (Å²) in [4.78, 5) is 0. The summed E-state index contributed by atoms with van der Waals surface area (Å²) in [5, 5.41) is 3.47. The molecule has 0 aliphatic carbocycles. The fourth-order valence-electron chi connectivity index (χ4n) is 2.26. The fraction of sp³-hybridized carbons (Fsp3) is 0.333. The number of ether oxygens (including phenoxy) is 1. The van der Waals surface area contributed by atoms with Crippen LogP contribution in [0.2, 0.25) is 0 Å². The van der Waals surface area contributed by atoms with Crippen LogP contribution >= 0.6 is 0 Å². The van der Waals surface area contributed by atoms with E-state index in [0.29, 0.717) is 6.61 Å². The van der Waals surface area contributed by atoms with E-state index in [-0.39, 0.29) is 6.04 Å². The average molecular weight is 243 g/mol. The normalized spacial score (nSPS) is 17.5. The second kappa shape index (κ2) is 4.86. The molecule has 0 amide bonds. The summed E-state index contributed by atoms with van der Waals surface area (Å²) in [5.74, 6) is 3.01. The third-order valence-electron chi connectivity index (χ3n) is 3.29. The van der Waals surface area contributed by atoms with Crippen molar-refractivity contribution in [2.45, 2.75) is 25.9 Å². The molecule has 0 saturated heterocycles. The minimum atomic E-state index is 0.261. The van der Waals surface area contributed by atoms with Crippen LogP contribution in [0, 0.1) is 0 Å². The topological polar surface area (TPSA) is 34.4 Å². The van der Waals surface area contributed by atoms with Crippen molar-refractivity contribution in [1.82, 2.24) is 5.32 Å². The first kappa shape index (κ1) is 11.4. The predicted molar refractivity (Wildman–Crippen MR) is 69.6 cm³/mol. The van der Waals surface area contributed by atoms with Crippen molar-refractivity contribution in [2.24, 2.45) is 0 Å². The molecule has 2 heterocycles. The average Bonchev–Trinajstić information content (AvgIpc) is 3.03. The Morgan fingerprint density at radius 1 is 1.17 bits per heavy atom. The van der Waals surface area contributed by atoms with Gasteiger partial charge in [-0.15, -0.1) is 0 Å². The first-order valence-electron chi connectivity index (χ1n) is 6.39. The Kier molecular flexibility index (Phi) is 3.07. The zero-order chi connectivity index (χ0) is 12.4. The van der Waals surface area contributed by atoms with Crippen LogP contribution < -0.4 is 10.1 Å². The number of hydrogen-bond donors (Lipinski definition) is 1. The molecule has 1 atom stereocenters. The Morgan fingerprint density at radius 3 is 2.83 bits per heavy atom. The zero-order valence-electron chi connectivity index (χ0n) is 10.5. The largest absolute Gasteiger partial charge is 0.491 e. The number of benzene rings is 1. The number of furan rings is 1. The van der Waals surface area contributed by atoms with E-state index in [1.165, 1.54) is 5.56 Å².